The van der Waals surface area contributed by atoms with Crippen LogP contribution in [-0.2, 0) is 36.6 Å². The summed E-state index contributed by atoms with van der Waals surface area (Å²) in [5, 5.41) is 6.79. The number of aromatic nitrogens is 1. The smallest absolute Gasteiger partial charge is 0.243 e. The minimum Gasteiger partial charge on any atom is -0.370 e. The fraction of sp³-hybridized carbons (Fsp3) is 0.310. The second-order valence-electron chi connectivity index (χ2n) is 10.0. The van der Waals surface area contributed by atoms with E-state index in [-0.39, 0.29) is 30.4 Å². The fourth-order valence-electron chi connectivity index (χ4n) is 4.31. The number of nitrogens with two attached hydrogens (primary N) is 3. The maximum absolute atomic E-state index is 13.6. The molecule has 3 amide bonds. The van der Waals surface area contributed by atoms with Crippen LogP contribution < -0.4 is 32.6 Å². The van der Waals surface area contributed by atoms with Crippen molar-refractivity contribution in [3.63, 3.8) is 0 Å². The lowest BCUT2D eigenvalue weighted by atomic mass is 10.0. The van der Waals surface area contributed by atoms with Gasteiger partial charge in [-0.2, -0.15) is 0 Å². The third-order valence-electron chi connectivity index (χ3n) is 6.38. The summed E-state index contributed by atoms with van der Waals surface area (Å²) in [5.41, 5.74) is 17.3. The maximum Gasteiger partial charge on any atom is 0.243 e. The first kappa shape index (κ1) is 34.8. The van der Waals surface area contributed by atoms with E-state index in [2.05, 4.69) is 25.3 Å². The number of nitrogens with one attached hydrogen (secondary N) is 3. The molecular weight excluding hydrogens is 621 g/mol. The quantitative estimate of drug-likeness (QED) is 0.0465. The van der Waals surface area contributed by atoms with Crippen molar-refractivity contribution in [2.45, 2.75) is 49.6 Å². The van der Waals surface area contributed by atoms with Crippen LogP contribution in [0.2, 0.25) is 0 Å². The molecule has 1 aromatic heterocycles. The number of thiazole rings is 1. The number of primary amides is 1. The van der Waals surface area contributed by atoms with E-state index in [1.807, 2.05) is 0 Å². The van der Waals surface area contributed by atoms with E-state index in [0.717, 1.165) is 11.3 Å². The third kappa shape index (κ3) is 12.1. The average Bonchev–Trinajstić information content (AvgIpc) is 3.53. The molecule has 0 spiro atoms. The molecule has 9 N–H and O–H groups in total. The molecule has 240 valence electrons. The first-order valence-electron chi connectivity index (χ1n) is 13.9. The molecule has 14 nitrogen and oxygen atoms in total. The van der Waals surface area contributed by atoms with Gasteiger partial charge < -0.3 is 27.8 Å². The van der Waals surface area contributed by atoms with Gasteiger partial charge in [0.25, 0.3) is 0 Å². The van der Waals surface area contributed by atoms with Gasteiger partial charge in [-0.3, -0.25) is 24.2 Å². The van der Waals surface area contributed by atoms with E-state index in [1.54, 1.807) is 66.0 Å². The molecule has 3 rings (SSSR count). The number of carbonyl (C=O) groups is 4. The highest BCUT2D eigenvalue weighted by molar-refractivity contribution is 7.88. The molecule has 0 saturated carbocycles. The molecule has 0 bridgehead atoms. The molecule has 3 atom stereocenters. The van der Waals surface area contributed by atoms with E-state index in [1.165, 1.54) is 6.20 Å². The van der Waals surface area contributed by atoms with Crippen LogP contribution in [-0.4, -0.2) is 67.5 Å². The number of amides is 3. The zero-order valence-electron chi connectivity index (χ0n) is 24.3. The van der Waals surface area contributed by atoms with Crippen LogP contribution in [0, 0.1) is 0 Å². The Morgan fingerprint density at radius 3 is 2.02 bits per heavy atom. The standard InChI is InChI=1S/C29H36N8O6S2/c30-24(38)17-22(26(40)35-21(12-7-13-34-29(31)32)25(39)28-33-14-15-44-28)36-27(41)23(16-19-8-3-1-4-9-19)37-45(42,43)18-20-10-5-2-6-11-20/h1-6,8-11,14-15,21-23,37H,7,12-13,16-18H2,(H2,30,38)(H,35,40)(H,36,41)(H4,31,32,34). The van der Waals surface area contributed by atoms with Gasteiger partial charge in [-0.15, -0.1) is 11.3 Å². The van der Waals surface area contributed by atoms with Crippen molar-refractivity contribution in [1.82, 2.24) is 20.3 Å². The Kier molecular flexibility index (Phi) is 13.1. The summed E-state index contributed by atoms with van der Waals surface area (Å²) in [4.78, 5) is 60.0. The van der Waals surface area contributed by atoms with Crippen LogP contribution in [0.5, 0.6) is 0 Å². The predicted octanol–water partition coefficient (Wildman–Crippen LogP) is -0.0447. The fourth-order valence-corrected chi connectivity index (χ4v) is 6.28. The molecule has 2 aromatic carbocycles. The Hall–Kier alpha value is -4.67. The molecule has 0 aliphatic heterocycles. The van der Waals surface area contributed by atoms with Crippen LogP contribution >= 0.6 is 11.3 Å². The molecule has 3 unspecified atom stereocenters. The number of ketones is 1. The predicted molar refractivity (Wildman–Crippen MR) is 170 cm³/mol. The Morgan fingerprint density at radius 2 is 1.44 bits per heavy atom. The molecular formula is C29H36N8O6S2. The number of aliphatic imine (C=N–C) groups is 1. The molecule has 0 aliphatic rings. The Morgan fingerprint density at radius 1 is 0.844 bits per heavy atom. The van der Waals surface area contributed by atoms with Crippen molar-refractivity contribution in [1.29, 1.82) is 0 Å². The first-order valence-corrected chi connectivity index (χ1v) is 16.4. The lowest BCUT2D eigenvalue weighted by Crippen LogP contribution is -2.57. The first-order chi connectivity index (χ1) is 21.4. The van der Waals surface area contributed by atoms with Crippen LogP contribution in [0.15, 0.2) is 77.2 Å². The van der Waals surface area contributed by atoms with Crippen LogP contribution in [0.25, 0.3) is 0 Å². The van der Waals surface area contributed by atoms with Gasteiger partial charge in [-0.25, -0.2) is 18.1 Å². The minimum absolute atomic E-state index is 0.0540. The van der Waals surface area contributed by atoms with Crippen molar-refractivity contribution >= 4 is 50.8 Å². The number of sulfonamides is 1. The highest BCUT2D eigenvalue weighted by Crippen LogP contribution is 2.13. The topological polar surface area (TPSA) is 242 Å². The minimum atomic E-state index is -4.03. The van der Waals surface area contributed by atoms with Gasteiger partial charge in [0, 0.05) is 18.1 Å². The number of benzene rings is 2. The molecule has 0 saturated heterocycles. The van der Waals surface area contributed by atoms with E-state index in [4.69, 9.17) is 17.2 Å². The summed E-state index contributed by atoms with van der Waals surface area (Å²) in [6.45, 7) is 0.186. The lowest BCUT2D eigenvalue weighted by molar-refractivity contribution is -0.132. The van der Waals surface area contributed by atoms with Crippen molar-refractivity contribution < 1.29 is 27.6 Å². The number of Topliss-reactive ketones (excluding diaryl/α,β-unsaturated/α-hetero) is 1. The van der Waals surface area contributed by atoms with Gasteiger partial charge >= 0.3 is 0 Å². The Bertz CT molecular complexity index is 1560. The van der Waals surface area contributed by atoms with Crippen molar-refractivity contribution in [2.24, 2.45) is 22.2 Å². The van der Waals surface area contributed by atoms with Crippen LogP contribution in [0.4, 0.5) is 0 Å². The average molecular weight is 657 g/mol. The summed E-state index contributed by atoms with van der Waals surface area (Å²) in [6.07, 6.45) is 1.21. The molecule has 16 heteroatoms. The molecule has 45 heavy (non-hydrogen) atoms. The van der Waals surface area contributed by atoms with E-state index in [9.17, 15) is 27.6 Å². The van der Waals surface area contributed by atoms with E-state index >= 15 is 0 Å². The monoisotopic (exact) mass is 656 g/mol. The molecule has 0 fully saturated rings. The highest BCUT2D eigenvalue weighted by atomic mass is 32.2. The summed E-state index contributed by atoms with van der Waals surface area (Å²) < 4.78 is 28.6. The number of hydrogen-bond acceptors (Lipinski definition) is 9. The highest BCUT2D eigenvalue weighted by Gasteiger charge is 2.32. The van der Waals surface area contributed by atoms with Gasteiger partial charge in [0.2, 0.25) is 33.5 Å². The number of carbonyl (C=O) groups excluding carboxylic acids is 4. The summed E-state index contributed by atoms with van der Waals surface area (Å²) in [6, 6.07) is 13.1. The summed E-state index contributed by atoms with van der Waals surface area (Å²) in [7, 11) is -4.03. The van der Waals surface area contributed by atoms with Crippen molar-refractivity contribution in [3.8, 4) is 0 Å². The van der Waals surface area contributed by atoms with Gasteiger partial charge in [-0.05, 0) is 30.4 Å². The van der Waals surface area contributed by atoms with Gasteiger partial charge in [-0.1, -0.05) is 60.7 Å². The number of hydrogen-bond donors (Lipinski definition) is 6. The van der Waals surface area contributed by atoms with Crippen molar-refractivity contribution in [3.05, 3.63) is 88.4 Å². The Labute approximate surface area is 264 Å². The van der Waals surface area contributed by atoms with Gasteiger partial charge in [0.1, 0.15) is 12.1 Å². The molecule has 0 radical (unpaired) electrons. The molecule has 3 aromatic rings. The lowest BCUT2D eigenvalue weighted by Gasteiger charge is -2.24. The van der Waals surface area contributed by atoms with Gasteiger partial charge in [0.05, 0.1) is 18.2 Å². The van der Waals surface area contributed by atoms with Gasteiger partial charge in [0.15, 0.2) is 11.0 Å². The summed E-state index contributed by atoms with van der Waals surface area (Å²) in [5.74, 6) is -3.65. The zero-order chi connectivity index (χ0) is 32.8. The number of guanidine groups is 1. The summed E-state index contributed by atoms with van der Waals surface area (Å²) >= 11 is 1.08. The zero-order valence-corrected chi connectivity index (χ0v) is 25.9. The number of nitrogens with zero attached hydrogens (tertiary/aromatic N) is 2. The second-order valence-corrected chi connectivity index (χ2v) is 12.7. The maximum atomic E-state index is 13.6. The molecule has 0 aliphatic carbocycles. The Balaban J connectivity index is 1.81. The van der Waals surface area contributed by atoms with Crippen LogP contribution in [0.1, 0.15) is 40.2 Å². The SMILES string of the molecule is NC(=O)CC(NC(=O)C(Cc1ccccc1)NS(=O)(=O)Cc1ccccc1)C(=O)NC(CCCN=C(N)N)C(=O)c1nccs1. The number of rotatable bonds is 18. The largest absolute Gasteiger partial charge is 0.370 e. The second kappa shape index (κ2) is 17.0. The van der Waals surface area contributed by atoms with E-state index < -0.39 is 63.8 Å². The molecule has 1 heterocycles. The normalized spacial score (nSPS) is 13.2. The third-order valence-corrected chi connectivity index (χ3v) is 8.52. The van der Waals surface area contributed by atoms with Crippen LogP contribution in [0.3, 0.4) is 0 Å². The van der Waals surface area contributed by atoms with Crippen molar-refractivity contribution in [2.75, 3.05) is 6.54 Å². The van der Waals surface area contributed by atoms with E-state index in [0.29, 0.717) is 17.5 Å².